The van der Waals surface area contributed by atoms with Crippen LogP contribution in [0.5, 0.6) is 0 Å². The summed E-state index contributed by atoms with van der Waals surface area (Å²) in [6.07, 6.45) is 0. The molecule has 0 aliphatic carbocycles. The molecule has 1 aromatic rings. The molecule has 0 saturated carbocycles. The largest absolute Gasteiger partial charge is 0.289 e. The van der Waals surface area contributed by atoms with Gasteiger partial charge in [-0.25, -0.2) is 13.5 Å². The van der Waals surface area contributed by atoms with Crippen LogP contribution in [0.2, 0.25) is 0 Å². The lowest BCUT2D eigenvalue weighted by molar-refractivity contribution is 0.560. The summed E-state index contributed by atoms with van der Waals surface area (Å²) in [5.74, 6) is 0. The molecule has 0 amide bonds. The second-order valence-corrected chi connectivity index (χ2v) is 6.76. The van der Waals surface area contributed by atoms with Gasteiger partial charge in [0.2, 0.25) is 10.0 Å². The Morgan fingerprint density at radius 2 is 1.80 bits per heavy atom. The molecule has 0 spiro atoms. The second-order valence-electron chi connectivity index (χ2n) is 2.79. The highest BCUT2D eigenvalue weighted by Gasteiger charge is 2.23. The first kappa shape index (κ1) is 12.4. The third-order valence-electron chi connectivity index (χ3n) is 1.64. The first-order valence-electron chi connectivity index (χ1n) is 4.04. The van der Waals surface area contributed by atoms with Gasteiger partial charge in [-0.1, -0.05) is 18.2 Å². The van der Waals surface area contributed by atoms with Gasteiger partial charge < -0.3 is 0 Å². The molecular formula is C7H12N3O3PS. The van der Waals surface area contributed by atoms with Gasteiger partial charge in [0, 0.05) is 0 Å². The maximum Gasteiger partial charge on any atom is 0.289 e. The zero-order valence-electron chi connectivity index (χ0n) is 8.04. The van der Waals surface area contributed by atoms with E-state index in [0.29, 0.717) is 0 Å². The van der Waals surface area contributed by atoms with Crippen molar-refractivity contribution in [1.82, 2.24) is 9.58 Å². The minimum absolute atomic E-state index is 0.0194. The first-order chi connectivity index (χ1) is 6.87. The second kappa shape index (κ2) is 4.42. The third kappa shape index (κ3) is 3.40. The van der Waals surface area contributed by atoms with Crippen molar-refractivity contribution in [3.63, 3.8) is 0 Å². The molecule has 6 nitrogen and oxygen atoms in total. The van der Waals surface area contributed by atoms with E-state index in [1.165, 1.54) is 19.2 Å². The van der Waals surface area contributed by atoms with Crippen molar-refractivity contribution in [2.24, 2.45) is 5.50 Å². The Kier molecular flexibility index (Phi) is 3.64. The molecule has 15 heavy (non-hydrogen) atoms. The summed E-state index contributed by atoms with van der Waals surface area (Å²) in [6.45, 7) is 0. The quantitative estimate of drug-likeness (QED) is 0.664. The number of sulfonamides is 1. The number of rotatable bonds is 4. The molecule has 0 bridgehead atoms. The van der Waals surface area contributed by atoms with E-state index in [-0.39, 0.29) is 4.90 Å². The molecule has 4 N–H and O–H groups in total. The Morgan fingerprint density at radius 1 is 1.27 bits per heavy atom. The molecule has 1 aromatic carbocycles. The summed E-state index contributed by atoms with van der Waals surface area (Å²) in [7, 11) is -6.07. The van der Waals surface area contributed by atoms with Crippen LogP contribution in [-0.4, -0.2) is 15.5 Å². The van der Waals surface area contributed by atoms with Gasteiger partial charge in [-0.15, -0.1) is 4.49 Å². The average molecular weight is 249 g/mol. The fourth-order valence-corrected chi connectivity index (χ4v) is 3.61. The van der Waals surface area contributed by atoms with Crippen molar-refractivity contribution in [1.29, 1.82) is 0 Å². The molecule has 0 saturated heterocycles. The highest BCUT2D eigenvalue weighted by Crippen LogP contribution is 2.26. The average Bonchev–Trinajstić information content (AvgIpc) is 2.18. The summed E-state index contributed by atoms with van der Waals surface area (Å²) in [5, 5.41) is 2.21. The van der Waals surface area contributed by atoms with Crippen molar-refractivity contribution in [3.8, 4) is 0 Å². The Balaban J connectivity index is 3.01. The van der Waals surface area contributed by atoms with Gasteiger partial charge in [0.05, 0.1) is 4.90 Å². The van der Waals surface area contributed by atoms with Crippen LogP contribution < -0.4 is 15.1 Å². The van der Waals surface area contributed by atoms with Crippen molar-refractivity contribution in [2.45, 2.75) is 4.90 Å². The lowest BCUT2D eigenvalue weighted by atomic mass is 10.4. The molecule has 1 unspecified atom stereocenters. The normalized spacial score (nSPS) is 15.9. The zero-order chi connectivity index (χ0) is 11.5. The van der Waals surface area contributed by atoms with E-state index in [9.17, 15) is 13.0 Å². The monoisotopic (exact) mass is 249 g/mol. The molecule has 1 atom stereocenters. The Hall–Kier alpha value is -0.720. The van der Waals surface area contributed by atoms with E-state index in [4.69, 9.17) is 5.50 Å². The van der Waals surface area contributed by atoms with E-state index in [2.05, 4.69) is 5.09 Å². The van der Waals surface area contributed by atoms with Crippen LogP contribution in [0.15, 0.2) is 35.2 Å². The molecule has 8 heteroatoms. The highest BCUT2D eigenvalue weighted by molar-refractivity contribution is 7.95. The van der Waals surface area contributed by atoms with E-state index in [1.807, 2.05) is 4.49 Å². The van der Waals surface area contributed by atoms with Gasteiger partial charge in [0.15, 0.2) is 0 Å². The van der Waals surface area contributed by atoms with Crippen LogP contribution in [0, 0.1) is 0 Å². The zero-order valence-corrected chi connectivity index (χ0v) is 9.76. The molecular weight excluding hydrogens is 237 g/mol. The predicted molar refractivity (Wildman–Crippen MR) is 57.6 cm³/mol. The molecule has 84 valence electrons. The summed E-state index contributed by atoms with van der Waals surface area (Å²) < 4.78 is 36.4. The van der Waals surface area contributed by atoms with Crippen molar-refractivity contribution in [3.05, 3.63) is 30.3 Å². The van der Waals surface area contributed by atoms with Crippen molar-refractivity contribution >= 4 is 17.6 Å². The molecule has 0 heterocycles. The topological polar surface area (TPSA) is 101 Å². The smallest absolute Gasteiger partial charge is 0.270 e. The van der Waals surface area contributed by atoms with E-state index in [1.54, 1.807) is 18.2 Å². The van der Waals surface area contributed by atoms with Crippen LogP contribution in [-0.2, 0) is 14.6 Å². The Bertz CT molecular complexity index is 474. The van der Waals surface area contributed by atoms with Crippen LogP contribution in [0.4, 0.5) is 0 Å². The molecule has 0 radical (unpaired) electrons. The summed E-state index contributed by atoms with van der Waals surface area (Å²) in [5.41, 5.74) is 5.19. The van der Waals surface area contributed by atoms with E-state index in [0.717, 1.165) is 0 Å². The SMILES string of the molecule is CNP(N)(=O)NS(=O)(=O)c1ccccc1. The van der Waals surface area contributed by atoms with Crippen molar-refractivity contribution in [2.75, 3.05) is 7.05 Å². The summed E-state index contributed by atoms with van der Waals surface area (Å²) in [6, 6.07) is 7.58. The molecule has 1 rings (SSSR count). The number of benzene rings is 1. The number of nitrogens with one attached hydrogen (secondary N) is 2. The predicted octanol–water partition coefficient (Wildman–Crippen LogP) is 0.251. The maximum atomic E-state index is 11.6. The molecule has 0 fully saturated rings. The molecule has 0 aliphatic rings. The maximum absolute atomic E-state index is 11.6. The van der Waals surface area contributed by atoms with Crippen LogP contribution in [0.3, 0.4) is 0 Å². The fourth-order valence-electron chi connectivity index (χ4n) is 0.877. The highest BCUT2D eigenvalue weighted by atomic mass is 32.2. The van der Waals surface area contributed by atoms with Gasteiger partial charge in [-0.2, -0.15) is 0 Å². The Labute approximate surface area is 88.5 Å². The fraction of sp³-hybridized carbons (Fsp3) is 0.143. The third-order valence-corrected chi connectivity index (χ3v) is 5.25. The number of nitrogens with two attached hydrogens (primary N) is 1. The first-order valence-corrected chi connectivity index (χ1v) is 7.30. The van der Waals surface area contributed by atoms with Crippen LogP contribution in [0.25, 0.3) is 0 Å². The lowest BCUT2D eigenvalue weighted by Crippen LogP contribution is -2.30. The van der Waals surface area contributed by atoms with Gasteiger partial charge in [0.1, 0.15) is 0 Å². The van der Waals surface area contributed by atoms with Crippen LogP contribution >= 0.6 is 7.59 Å². The molecule has 0 aromatic heterocycles. The van der Waals surface area contributed by atoms with Gasteiger partial charge in [0.25, 0.3) is 7.59 Å². The summed E-state index contributed by atoms with van der Waals surface area (Å²) >= 11 is 0. The number of hydrogen-bond donors (Lipinski definition) is 3. The minimum Gasteiger partial charge on any atom is -0.270 e. The molecule has 0 aliphatic heterocycles. The van der Waals surface area contributed by atoms with Gasteiger partial charge in [-0.3, -0.25) is 10.1 Å². The van der Waals surface area contributed by atoms with Gasteiger partial charge >= 0.3 is 0 Å². The van der Waals surface area contributed by atoms with E-state index >= 15 is 0 Å². The Morgan fingerprint density at radius 3 is 2.27 bits per heavy atom. The van der Waals surface area contributed by atoms with E-state index < -0.39 is 17.6 Å². The van der Waals surface area contributed by atoms with Gasteiger partial charge in [-0.05, 0) is 19.2 Å². The minimum atomic E-state index is -3.83. The van der Waals surface area contributed by atoms with Crippen molar-refractivity contribution < 1.29 is 13.0 Å². The summed E-state index contributed by atoms with van der Waals surface area (Å²) in [4.78, 5) is 0.0194. The number of hydrogen-bond acceptors (Lipinski definition) is 3. The lowest BCUT2D eigenvalue weighted by Gasteiger charge is -2.12. The van der Waals surface area contributed by atoms with Crippen LogP contribution in [0.1, 0.15) is 0 Å². The standard InChI is InChI=1S/C7H12N3O3PS/c1-9-14(8,11)10-15(12,13)7-5-3-2-4-6-7/h2-6H,1H3,(H4,8,9,10,11).